The molecule has 110 valence electrons. The van der Waals surface area contributed by atoms with Crippen LogP contribution in [0.3, 0.4) is 0 Å². The van der Waals surface area contributed by atoms with Gasteiger partial charge in [-0.1, -0.05) is 11.8 Å². The number of nitrogens with two attached hydrogens (primary N) is 2. The molecule has 0 aliphatic rings. The minimum Gasteiger partial charge on any atom is -0.462 e. The van der Waals surface area contributed by atoms with Crippen molar-refractivity contribution < 1.29 is 9.53 Å². The van der Waals surface area contributed by atoms with Gasteiger partial charge in [0.15, 0.2) is 5.16 Å². The fourth-order valence-electron chi connectivity index (χ4n) is 1.61. The summed E-state index contributed by atoms with van der Waals surface area (Å²) in [4.78, 5) is 30.4. The predicted octanol–water partition coefficient (Wildman–Crippen LogP) is 1.26. The van der Waals surface area contributed by atoms with Crippen LogP contribution in [0.1, 0.15) is 17.3 Å². The first-order valence-corrected chi connectivity index (χ1v) is 6.92. The lowest BCUT2D eigenvalue weighted by Gasteiger charge is -2.09. The number of H-pyrrole nitrogens is 1. The number of aromatic nitrogens is 2. The molecule has 0 bridgehead atoms. The maximum absolute atomic E-state index is 11.9. The first kappa shape index (κ1) is 14.9. The van der Waals surface area contributed by atoms with Crippen molar-refractivity contribution in [1.29, 1.82) is 0 Å². The summed E-state index contributed by atoms with van der Waals surface area (Å²) in [6.07, 6.45) is 0. The molecule has 0 unspecified atom stereocenters. The molecular weight excluding hydrogens is 292 g/mol. The number of nitrogens with zero attached hydrogens (tertiary/aromatic N) is 1. The molecule has 2 aromatic rings. The van der Waals surface area contributed by atoms with Crippen LogP contribution in [0.4, 0.5) is 11.5 Å². The van der Waals surface area contributed by atoms with Crippen molar-refractivity contribution >= 4 is 29.2 Å². The molecule has 7 nitrogen and oxygen atoms in total. The molecule has 2 rings (SSSR count). The van der Waals surface area contributed by atoms with Crippen molar-refractivity contribution in [2.45, 2.75) is 17.0 Å². The smallest absolute Gasteiger partial charge is 0.339 e. The van der Waals surface area contributed by atoms with E-state index in [2.05, 4.69) is 9.97 Å². The van der Waals surface area contributed by atoms with Crippen LogP contribution in [0, 0.1) is 0 Å². The number of ether oxygens (including phenoxy) is 1. The zero-order valence-corrected chi connectivity index (χ0v) is 12.1. The maximum atomic E-state index is 11.9. The Labute approximate surface area is 124 Å². The molecule has 21 heavy (non-hydrogen) atoms. The summed E-state index contributed by atoms with van der Waals surface area (Å²) >= 11 is 1.10. The molecule has 0 fully saturated rings. The van der Waals surface area contributed by atoms with Crippen molar-refractivity contribution in [2.75, 3.05) is 18.1 Å². The molecule has 8 heteroatoms. The second-order valence-electron chi connectivity index (χ2n) is 4.05. The summed E-state index contributed by atoms with van der Waals surface area (Å²) in [5.74, 6) is -0.382. The number of carbonyl (C=O) groups excluding carboxylic acids is 1. The van der Waals surface area contributed by atoms with E-state index in [1.165, 1.54) is 12.1 Å². The first-order valence-electron chi connectivity index (χ1n) is 6.11. The molecule has 0 aliphatic carbocycles. The molecule has 1 aromatic heterocycles. The minimum absolute atomic E-state index is 0.106. The molecule has 0 atom stereocenters. The van der Waals surface area contributed by atoms with Crippen LogP contribution >= 0.6 is 11.8 Å². The normalized spacial score (nSPS) is 10.3. The van der Waals surface area contributed by atoms with E-state index >= 15 is 0 Å². The lowest BCUT2D eigenvalue weighted by atomic mass is 10.2. The van der Waals surface area contributed by atoms with E-state index in [4.69, 9.17) is 16.2 Å². The van der Waals surface area contributed by atoms with Crippen LogP contribution < -0.4 is 17.0 Å². The van der Waals surface area contributed by atoms with Crippen LogP contribution in [0.25, 0.3) is 0 Å². The number of esters is 1. The van der Waals surface area contributed by atoms with Gasteiger partial charge in [-0.3, -0.25) is 4.79 Å². The highest BCUT2D eigenvalue weighted by Crippen LogP contribution is 2.29. The van der Waals surface area contributed by atoms with Crippen LogP contribution in [-0.2, 0) is 4.74 Å². The number of hydrogen-bond acceptors (Lipinski definition) is 7. The van der Waals surface area contributed by atoms with Crippen molar-refractivity contribution in [3.05, 3.63) is 40.2 Å². The third-order valence-electron chi connectivity index (χ3n) is 2.45. The quantitative estimate of drug-likeness (QED) is 0.441. The van der Waals surface area contributed by atoms with Gasteiger partial charge in [-0.15, -0.1) is 0 Å². The van der Waals surface area contributed by atoms with Crippen molar-refractivity contribution in [3.8, 4) is 0 Å². The third kappa shape index (κ3) is 3.76. The minimum atomic E-state index is -0.487. The molecule has 0 saturated heterocycles. The van der Waals surface area contributed by atoms with E-state index in [0.717, 1.165) is 11.8 Å². The van der Waals surface area contributed by atoms with Gasteiger partial charge in [-0.05, 0) is 25.1 Å². The zero-order valence-electron chi connectivity index (χ0n) is 11.3. The van der Waals surface area contributed by atoms with E-state index in [0.29, 0.717) is 16.1 Å². The van der Waals surface area contributed by atoms with Crippen LogP contribution in [0.5, 0.6) is 0 Å². The Morgan fingerprint density at radius 3 is 2.81 bits per heavy atom. The summed E-state index contributed by atoms with van der Waals surface area (Å²) in [5, 5.41) is 0.287. The lowest BCUT2D eigenvalue weighted by Crippen LogP contribution is -2.10. The van der Waals surface area contributed by atoms with Gasteiger partial charge in [0.25, 0.3) is 5.56 Å². The number of aromatic amines is 1. The number of carbonyl (C=O) groups is 1. The molecule has 0 spiro atoms. The van der Waals surface area contributed by atoms with Crippen molar-refractivity contribution in [3.63, 3.8) is 0 Å². The fraction of sp³-hybridized carbons (Fsp3) is 0.154. The Morgan fingerprint density at radius 1 is 1.38 bits per heavy atom. The number of rotatable bonds is 4. The molecule has 0 amide bonds. The molecule has 0 aliphatic heterocycles. The second kappa shape index (κ2) is 6.31. The van der Waals surface area contributed by atoms with Crippen molar-refractivity contribution in [1.82, 2.24) is 9.97 Å². The first-order chi connectivity index (χ1) is 9.99. The summed E-state index contributed by atoms with van der Waals surface area (Å²) in [7, 11) is 0. The summed E-state index contributed by atoms with van der Waals surface area (Å²) in [5.41, 5.74) is 11.6. The largest absolute Gasteiger partial charge is 0.462 e. The van der Waals surface area contributed by atoms with Crippen LogP contribution in [-0.4, -0.2) is 22.5 Å². The van der Waals surface area contributed by atoms with E-state index in [1.807, 2.05) is 0 Å². The van der Waals surface area contributed by atoms with E-state index in [-0.39, 0.29) is 23.1 Å². The second-order valence-corrected chi connectivity index (χ2v) is 5.08. The average Bonchev–Trinajstić information content (AvgIpc) is 2.40. The molecule has 5 N–H and O–H groups in total. The topological polar surface area (TPSA) is 124 Å². The molecule has 1 heterocycles. The Bertz CT molecular complexity index is 730. The van der Waals surface area contributed by atoms with E-state index in [1.54, 1.807) is 19.1 Å². The average molecular weight is 306 g/mol. The van der Waals surface area contributed by atoms with Gasteiger partial charge in [0.2, 0.25) is 0 Å². The standard InChI is InChI=1S/C13H14N4O3S/c1-2-20-12(19)8-5-7(14)3-4-9(8)21-13-16-10(15)6-11(18)17-13/h3-6H,2,14H2,1H3,(H3,15,16,17,18). The molecular formula is C13H14N4O3S. The number of nitrogen functional groups attached to an aromatic ring is 2. The highest BCUT2D eigenvalue weighted by molar-refractivity contribution is 7.99. The van der Waals surface area contributed by atoms with Gasteiger partial charge in [0.05, 0.1) is 12.2 Å². The van der Waals surface area contributed by atoms with Gasteiger partial charge < -0.3 is 21.2 Å². The number of benzene rings is 1. The Kier molecular flexibility index (Phi) is 4.49. The zero-order chi connectivity index (χ0) is 15.4. The molecule has 0 radical (unpaired) electrons. The molecule has 1 aromatic carbocycles. The number of hydrogen-bond donors (Lipinski definition) is 3. The van der Waals surface area contributed by atoms with Crippen molar-refractivity contribution in [2.24, 2.45) is 0 Å². The number of anilines is 2. The van der Waals surface area contributed by atoms with E-state index in [9.17, 15) is 9.59 Å². The Balaban J connectivity index is 2.39. The fourth-order valence-corrected chi connectivity index (χ4v) is 2.51. The van der Waals surface area contributed by atoms with Crippen LogP contribution in [0.2, 0.25) is 0 Å². The van der Waals surface area contributed by atoms with Gasteiger partial charge in [-0.2, -0.15) is 0 Å². The summed E-state index contributed by atoms with van der Waals surface area (Å²) in [6, 6.07) is 6.01. The lowest BCUT2D eigenvalue weighted by molar-refractivity contribution is 0.0522. The van der Waals surface area contributed by atoms with Gasteiger partial charge in [-0.25, -0.2) is 9.78 Å². The Hall–Kier alpha value is -2.48. The number of nitrogens with one attached hydrogen (secondary N) is 1. The molecule has 0 saturated carbocycles. The summed E-state index contributed by atoms with van der Waals surface area (Å²) in [6.45, 7) is 1.97. The van der Waals surface area contributed by atoms with Gasteiger partial charge in [0.1, 0.15) is 5.82 Å². The summed E-state index contributed by atoms with van der Waals surface area (Å²) < 4.78 is 4.98. The van der Waals surface area contributed by atoms with Gasteiger partial charge >= 0.3 is 5.97 Å². The highest BCUT2D eigenvalue weighted by atomic mass is 32.2. The Morgan fingerprint density at radius 2 is 2.14 bits per heavy atom. The monoisotopic (exact) mass is 306 g/mol. The maximum Gasteiger partial charge on any atom is 0.339 e. The highest BCUT2D eigenvalue weighted by Gasteiger charge is 2.15. The van der Waals surface area contributed by atoms with E-state index < -0.39 is 5.97 Å². The van der Waals surface area contributed by atoms with Gasteiger partial charge in [0, 0.05) is 16.6 Å². The van der Waals surface area contributed by atoms with Crippen LogP contribution in [0.15, 0.2) is 39.1 Å². The third-order valence-corrected chi connectivity index (χ3v) is 3.41. The predicted molar refractivity (Wildman–Crippen MR) is 80.2 cm³/mol. The SMILES string of the molecule is CCOC(=O)c1cc(N)ccc1Sc1nc(N)cc(=O)[nH]1.